The molecule has 0 unspecified atom stereocenters. The normalized spacial score (nSPS) is 15.2. The molecule has 0 aromatic heterocycles. The summed E-state index contributed by atoms with van der Waals surface area (Å²) in [6.45, 7) is 4.10. The standard InChI is InChI=1S/C24H26N2O7/c1-3-31-20-11-7-18(8-12-20)25-21(27)15-33-24(30)17-13-22(28)26(14-17)19-9-5-16(6-10-19)23(29)32-4-2/h5-12,17H,3-4,13-15H2,1-2H3,(H,25,27)/t17-/m1/s1. The van der Waals surface area contributed by atoms with Crippen LogP contribution in [0.25, 0.3) is 0 Å². The molecule has 0 spiro atoms. The van der Waals surface area contributed by atoms with E-state index in [1.54, 1.807) is 55.5 Å². The van der Waals surface area contributed by atoms with E-state index in [4.69, 9.17) is 14.2 Å². The van der Waals surface area contributed by atoms with Gasteiger partial charge in [0.05, 0.1) is 24.7 Å². The fraction of sp³-hybridized carbons (Fsp3) is 0.333. The molecular weight excluding hydrogens is 428 g/mol. The Hall–Kier alpha value is -3.88. The number of anilines is 2. The molecule has 1 saturated heterocycles. The molecule has 2 amide bonds. The lowest BCUT2D eigenvalue weighted by Gasteiger charge is -2.17. The van der Waals surface area contributed by atoms with Gasteiger partial charge in [0.25, 0.3) is 5.91 Å². The number of ether oxygens (including phenoxy) is 3. The van der Waals surface area contributed by atoms with Crippen LogP contribution in [0.1, 0.15) is 30.6 Å². The molecule has 33 heavy (non-hydrogen) atoms. The predicted molar refractivity (Wildman–Crippen MR) is 120 cm³/mol. The van der Waals surface area contributed by atoms with Crippen LogP contribution in [0.3, 0.4) is 0 Å². The maximum absolute atomic E-state index is 12.4. The molecular formula is C24H26N2O7. The third-order valence-electron chi connectivity index (χ3n) is 4.94. The number of nitrogens with one attached hydrogen (secondary N) is 1. The average Bonchev–Trinajstić information content (AvgIpc) is 3.21. The predicted octanol–water partition coefficient (Wildman–Crippen LogP) is 2.80. The van der Waals surface area contributed by atoms with Gasteiger partial charge in [0.15, 0.2) is 6.61 Å². The maximum Gasteiger partial charge on any atom is 0.338 e. The number of benzene rings is 2. The summed E-state index contributed by atoms with van der Waals surface area (Å²) in [4.78, 5) is 50.1. The summed E-state index contributed by atoms with van der Waals surface area (Å²) in [5, 5.41) is 2.64. The molecule has 2 aromatic rings. The Morgan fingerprint density at radius 3 is 2.30 bits per heavy atom. The molecule has 9 nitrogen and oxygen atoms in total. The van der Waals surface area contributed by atoms with Crippen LogP contribution in [0.4, 0.5) is 11.4 Å². The van der Waals surface area contributed by atoms with Crippen molar-refractivity contribution >= 4 is 35.1 Å². The van der Waals surface area contributed by atoms with Crippen LogP contribution < -0.4 is 15.0 Å². The number of nitrogens with zero attached hydrogens (tertiary/aromatic N) is 1. The van der Waals surface area contributed by atoms with E-state index in [1.807, 2.05) is 6.92 Å². The molecule has 2 aromatic carbocycles. The quantitative estimate of drug-likeness (QED) is 0.580. The molecule has 1 aliphatic heterocycles. The minimum atomic E-state index is -0.680. The summed E-state index contributed by atoms with van der Waals surface area (Å²) < 4.78 is 15.4. The summed E-state index contributed by atoms with van der Waals surface area (Å²) >= 11 is 0. The summed E-state index contributed by atoms with van der Waals surface area (Å²) in [5.41, 5.74) is 1.49. The fourth-order valence-corrected chi connectivity index (χ4v) is 3.36. The molecule has 174 valence electrons. The smallest absolute Gasteiger partial charge is 0.338 e. The molecule has 9 heteroatoms. The van der Waals surface area contributed by atoms with Crippen molar-refractivity contribution in [3.63, 3.8) is 0 Å². The van der Waals surface area contributed by atoms with E-state index in [2.05, 4.69) is 5.32 Å². The van der Waals surface area contributed by atoms with Crippen LogP contribution in [0.15, 0.2) is 48.5 Å². The van der Waals surface area contributed by atoms with Crippen molar-refractivity contribution in [1.82, 2.24) is 0 Å². The van der Waals surface area contributed by atoms with E-state index >= 15 is 0 Å². The zero-order valence-electron chi connectivity index (χ0n) is 18.5. The lowest BCUT2D eigenvalue weighted by Crippen LogP contribution is -2.28. The average molecular weight is 454 g/mol. The number of carbonyl (C=O) groups is 4. The lowest BCUT2D eigenvalue weighted by molar-refractivity contribution is -0.151. The van der Waals surface area contributed by atoms with Crippen LogP contribution >= 0.6 is 0 Å². The van der Waals surface area contributed by atoms with E-state index in [1.165, 1.54) is 4.90 Å². The molecule has 1 heterocycles. The number of hydrogen-bond acceptors (Lipinski definition) is 7. The van der Waals surface area contributed by atoms with Crippen LogP contribution in [-0.4, -0.2) is 50.1 Å². The third kappa shape index (κ3) is 6.31. The molecule has 0 aliphatic carbocycles. The zero-order chi connectivity index (χ0) is 23.8. The minimum absolute atomic E-state index is 0.0149. The van der Waals surface area contributed by atoms with Crippen molar-refractivity contribution in [3.05, 3.63) is 54.1 Å². The van der Waals surface area contributed by atoms with Gasteiger partial charge in [-0.15, -0.1) is 0 Å². The Balaban J connectivity index is 1.49. The molecule has 1 fully saturated rings. The molecule has 1 aliphatic rings. The van der Waals surface area contributed by atoms with Gasteiger partial charge in [-0.1, -0.05) is 0 Å². The second-order valence-corrected chi connectivity index (χ2v) is 7.29. The maximum atomic E-state index is 12.4. The Kier molecular flexibility index (Phi) is 8.01. The first kappa shape index (κ1) is 23.8. The topological polar surface area (TPSA) is 111 Å². The number of rotatable bonds is 9. The van der Waals surface area contributed by atoms with Gasteiger partial charge in [-0.25, -0.2) is 4.79 Å². The van der Waals surface area contributed by atoms with E-state index in [0.29, 0.717) is 29.3 Å². The van der Waals surface area contributed by atoms with E-state index < -0.39 is 30.4 Å². The van der Waals surface area contributed by atoms with E-state index in [9.17, 15) is 19.2 Å². The number of carbonyl (C=O) groups excluding carboxylic acids is 4. The van der Waals surface area contributed by atoms with Crippen molar-refractivity contribution < 1.29 is 33.4 Å². The van der Waals surface area contributed by atoms with Crippen molar-refractivity contribution in [2.45, 2.75) is 20.3 Å². The van der Waals surface area contributed by atoms with Gasteiger partial charge in [-0.2, -0.15) is 0 Å². The van der Waals surface area contributed by atoms with Crippen LogP contribution in [0, 0.1) is 5.92 Å². The van der Waals surface area contributed by atoms with Gasteiger partial charge in [0, 0.05) is 24.3 Å². The van der Waals surface area contributed by atoms with E-state index in [0.717, 1.165) is 0 Å². The van der Waals surface area contributed by atoms with Gasteiger partial charge >= 0.3 is 11.9 Å². The van der Waals surface area contributed by atoms with Gasteiger partial charge < -0.3 is 24.4 Å². The number of esters is 2. The molecule has 0 saturated carbocycles. The Morgan fingerprint density at radius 1 is 0.970 bits per heavy atom. The second-order valence-electron chi connectivity index (χ2n) is 7.29. The van der Waals surface area contributed by atoms with Crippen molar-refractivity contribution in [2.75, 3.05) is 36.6 Å². The fourth-order valence-electron chi connectivity index (χ4n) is 3.36. The zero-order valence-corrected chi connectivity index (χ0v) is 18.5. The molecule has 0 bridgehead atoms. The summed E-state index contributed by atoms with van der Waals surface area (Å²) in [6.07, 6.45) is -0.0149. The highest BCUT2D eigenvalue weighted by molar-refractivity contribution is 6.00. The lowest BCUT2D eigenvalue weighted by atomic mass is 10.1. The molecule has 1 atom stereocenters. The van der Waals surface area contributed by atoms with E-state index in [-0.39, 0.29) is 25.5 Å². The van der Waals surface area contributed by atoms with Gasteiger partial charge in [-0.05, 0) is 62.4 Å². The first-order valence-electron chi connectivity index (χ1n) is 10.7. The highest BCUT2D eigenvalue weighted by atomic mass is 16.5. The molecule has 3 rings (SSSR count). The van der Waals surface area contributed by atoms with Crippen molar-refractivity contribution in [2.24, 2.45) is 5.92 Å². The Labute approximate surface area is 191 Å². The first-order chi connectivity index (χ1) is 15.9. The third-order valence-corrected chi connectivity index (χ3v) is 4.94. The van der Waals surface area contributed by atoms with Crippen molar-refractivity contribution in [3.8, 4) is 5.75 Å². The number of hydrogen-bond donors (Lipinski definition) is 1. The Bertz CT molecular complexity index is 1000. The molecule has 1 N–H and O–H groups in total. The highest BCUT2D eigenvalue weighted by Crippen LogP contribution is 2.26. The monoisotopic (exact) mass is 454 g/mol. The highest BCUT2D eigenvalue weighted by Gasteiger charge is 2.36. The number of amides is 2. The SMILES string of the molecule is CCOC(=O)c1ccc(N2C[C@H](C(=O)OCC(=O)Nc3ccc(OCC)cc3)CC2=O)cc1. The largest absolute Gasteiger partial charge is 0.494 e. The minimum Gasteiger partial charge on any atom is -0.494 e. The first-order valence-corrected chi connectivity index (χ1v) is 10.7. The van der Waals surface area contributed by atoms with Crippen LogP contribution in [0.2, 0.25) is 0 Å². The second kappa shape index (κ2) is 11.1. The summed E-state index contributed by atoms with van der Waals surface area (Å²) in [5.74, 6) is -1.77. The Morgan fingerprint density at radius 2 is 1.67 bits per heavy atom. The summed E-state index contributed by atoms with van der Waals surface area (Å²) in [7, 11) is 0. The molecule has 0 radical (unpaired) electrons. The van der Waals surface area contributed by atoms with Crippen LogP contribution in [0.5, 0.6) is 5.75 Å². The van der Waals surface area contributed by atoms with Crippen LogP contribution in [-0.2, 0) is 23.9 Å². The van der Waals surface area contributed by atoms with Gasteiger partial charge in [0.1, 0.15) is 5.75 Å². The van der Waals surface area contributed by atoms with Gasteiger partial charge in [0.2, 0.25) is 5.91 Å². The van der Waals surface area contributed by atoms with Crippen molar-refractivity contribution in [1.29, 1.82) is 0 Å². The van der Waals surface area contributed by atoms with Gasteiger partial charge in [-0.3, -0.25) is 14.4 Å². The summed E-state index contributed by atoms with van der Waals surface area (Å²) in [6, 6.07) is 13.2.